The molecular formula is C27H22Cl3F7N4O2. The number of alkyl halides is 7. The van der Waals surface area contributed by atoms with Crippen molar-refractivity contribution >= 4 is 40.7 Å². The van der Waals surface area contributed by atoms with Crippen LogP contribution in [-0.2, 0) is 10.4 Å². The minimum atomic E-state index is -6.34. The summed E-state index contributed by atoms with van der Waals surface area (Å²) in [6.07, 6.45) is -4.27. The standard InChI is InChI=1S/C27H22Cl3F7N4O2/c28-20-9-16(25(31,26(32,33)34)27(35,36)37)10-21(29)22(20)41-13-15(12-39-41)14-8-19(23(30)38-11-14)24(42)40(17-3-4-17)6-5-18-2-1-7-43-18/h8-13,17-18H,1-7H2. The summed E-state index contributed by atoms with van der Waals surface area (Å²) in [6, 6.07) is 2.00. The zero-order valence-electron chi connectivity index (χ0n) is 22.0. The molecule has 3 aromatic rings. The first-order chi connectivity index (χ1) is 20.1. The number of nitrogens with zero attached hydrogens (tertiary/aromatic N) is 4. The molecule has 1 saturated carbocycles. The normalized spacial score (nSPS) is 17.9. The van der Waals surface area contributed by atoms with Crippen molar-refractivity contribution in [1.82, 2.24) is 19.7 Å². The number of amides is 1. The number of hydrogen-bond donors (Lipinski definition) is 0. The number of carbonyl (C=O) groups is 1. The predicted molar refractivity (Wildman–Crippen MR) is 144 cm³/mol. The molecule has 0 spiro atoms. The van der Waals surface area contributed by atoms with Gasteiger partial charge in [0.1, 0.15) is 10.8 Å². The molecule has 232 valence electrons. The van der Waals surface area contributed by atoms with Crippen LogP contribution in [0.3, 0.4) is 0 Å². The van der Waals surface area contributed by atoms with Gasteiger partial charge >= 0.3 is 18.0 Å². The number of rotatable bonds is 8. The highest BCUT2D eigenvalue weighted by molar-refractivity contribution is 6.38. The van der Waals surface area contributed by atoms with E-state index in [0.717, 1.165) is 30.4 Å². The molecule has 1 atom stereocenters. The lowest BCUT2D eigenvalue weighted by atomic mass is 9.94. The van der Waals surface area contributed by atoms with Crippen molar-refractivity contribution in [3.63, 3.8) is 0 Å². The second-order valence-electron chi connectivity index (χ2n) is 10.3. The maximum atomic E-state index is 14.6. The Hall–Kier alpha value is -2.61. The lowest BCUT2D eigenvalue weighted by Gasteiger charge is -2.30. The van der Waals surface area contributed by atoms with Crippen LogP contribution in [0.5, 0.6) is 0 Å². The zero-order chi connectivity index (χ0) is 31.3. The van der Waals surface area contributed by atoms with E-state index < -0.39 is 33.6 Å². The highest BCUT2D eigenvalue weighted by Crippen LogP contribution is 2.54. The van der Waals surface area contributed by atoms with Gasteiger partial charge in [0.05, 0.1) is 27.9 Å². The van der Waals surface area contributed by atoms with Crippen molar-refractivity contribution in [3.8, 4) is 16.8 Å². The van der Waals surface area contributed by atoms with Crippen LogP contribution in [-0.4, -0.2) is 63.2 Å². The molecule has 2 aromatic heterocycles. The molecule has 0 N–H and O–H groups in total. The molecule has 16 heteroatoms. The van der Waals surface area contributed by atoms with Crippen LogP contribution in [0.2, 0.25) is 15.2 Å². The van der Waals surface area contributed by atoms with Crippen LogP contribution in [0.1, 0.15) is 48.0 Å². The number of hydrogen-bond acceptors (Lipinski definition) is 4. The number of benzene rings is 1. The van der Waals surface area contributed by atoms with E-state index in [1.54, 1.807) is 4.90 Å². The summed E-state index contributed by atoms with van der Waals surface area (Å²) < 4.78 is 101. The molecule has 5 rings (SSSR count). The Bertz CT molecular complexity index is 1480. The van der Waals surface area contributed by atoms with Gasteiger partial charge in [-0.1, -0.05) is 34.8 Å². The molecular weight excluding hydrogens is 652 g/mol. The summed E-state index contributed by atoms with van der Waals surface area (Å²) >= 11 is 18.4. The SMILES string of the molecule is O=C(c1cc(-c2cnn(-c3c(Cl)cc(C(F)(C(F)(F)F)C(F)(F)F)cc3Cl)c2)cnc1Cl)N(CCC1CCCO1)C1CC1. The monoisotopic (exact) mass is 672 g/mol. The second-order valence-corrected chi connectivity index (χ2v) is 11.5. The summed E-state index contributed by atoms with van der Waals surface area (Å²) in [5, 5.41) is 2.60. The smallest absolute Gasteiger partial charge is 0.378 e. The molecule has 1 aliphatic heterocycles. The quantitative estimate of drug-likeness (QED) is 0.178. The van der Waals surface area contributed by atoms with E-state index >= 15 is 0 Å². The first kappa shape index (κ1) is 31.8. The van der Waals surface area contributed by atoms with Crippen molar-refractivity contribution in [1.29, 1.82) is 0 Å². The fourth-order valence-electron chi connectivity index (χ4n) is 4.97. The molecule has 1 aromatic carbocycles. The third kappa shape index (κ3) is 6.18. The van der Waals surface area contributed by atoms with Crippen molar-refractivity contribution in [3.05, 3.63) is 63.1 Å². The lowest BCUT2D eigenvalue weighted by molar-refractivity contribution is -0.348. The molecule has 2 aliphatic rings. The summed E-state index contributed by atoms with van der Waals surface area (Å²) in [6.45, 7) is 1.19. The molecule has 1 saturated heterocycles. The Morgan fingerprint density at radius 1 is 0.953 bits per heavy atom. The van der Waals surface area contributed by atoms with E-state index in [0.29, 0.717) is 30.7 Å². The van der Waals surface area contributed by atoms with Gasteiger partial charge in [-0.3, -0.25) is 4.79 Å². The van der Waals surface area contributed by atoms with Gasteiger partial charge < -0.3 is 9.64 Å². The van der Waals surface area contributed by atoms with Crippen molar-refractivity contribution in [2.24, 2.45) is 0 Å². The molecule has 1 aliphatic carbocycles. The van der Waals surface area contributed by atoms with Crippen molar-refractivity contribution in [2.45, 2.75) is 62.3 Å². The van der Waals surface area contributed by atoms with Crippen LogP contribution >= 0.6 is 34.8 Å². The van der Waals surface area contributed by atoms with Gasteiger partial charge in [-0.2, -0.15) is 31.4 Å². The molecule has 3 heterocycles. The van der Waals surface area contributed by atoms with Crippen molar-refractivity contribution in [2.75, 3.05) is 13.2 Å². The molecule has 0 radical (unpaired) electrons. The van der Waals surface area contributed by atoms with Crippen molar-refractivity contribution < 1.29 is 40.3 Å². The van der Waals surface area contributed by atoms with Crippen LogP contribution in [0.25, 0.3) is 16.8 Å². The van der Waals surface area contributed by atoms with E-state index in [-0.39, 0.29) is 46.6 Å². The predicted octanol–water partition coefficient (Wildman–Crippen LogP) is 8.36. The van der Waals surface area contributed by atoms with E-state index in [1.165, 1.54) is 24.7 Å². The minimum absolute atomic E-state index is 0.0189. The average molecular weight is 674 g/mol. The fraction of sp³-hybridized carbons (Fsp3) is 0.444. The topological polar surface area (TPSA) is 60.2 Å². The summed E-state index contributed by atoms with van der Waals surface area (Å²) in [5.74, 6) is -0.307. The Morgan fingerprint density at radius 3 is 2.16 bits per heavy atom. The van der Waals surface area contributed by atoms with Gasteiger partial charge in [-0.15, -0.1) is 0 Å². The molecule has 6 nitrogen and oxygen atoms in total. The first-order valence-corrected chi connectivity index (χ1v) is 14.2. The fourth-order valence-corrected chi connectivity index (χ4v) is 5.81. The summed E-state index contributed by atoms with van der Waals surface area (Å²) in [4.78, 5) is 19.4. The number of ether oxygens (including phenoxy) is 1. The number of carbonyl (C=O) groups excluding carboxylic acids is 1. The minimum Gasteiger partial charge on any atom is -0.378 e. The van der Waals surface area contributed by atoms with Crippen LogP contribution < -0.4 is 0 Å². The van der Waals surface area contributed by atoms with E-state index in [9.17, 15) is 35.5 Å². The lowest BCUT2D eigenvalue weighted by Crippen LogP contribution is -2.50. The van der Waals surface area contributed by atoms with E-state index in [4.69, 9.17) is 39.5 Å². The van der Waals surface area contributed by atoms with Crippen LogP contribution in [0.4, 0.5) is 30.7 Å². The Morgan fingerprint density at radius 2 is 1.60 bits per heavy atom. The zero-order valence-corrected chi connectivity index (χ0v) is 24.2. The second kappa shape index (κ2) is 11.7. The Labute approximate surface area is 255 Å². The van der Waals surface area contributed by atoms with Gasteiger partial charge in [-0.25, -0.2) is 14.1 Å². The molecule has 1 amide bonds. The maximum absolute atomic E-state index is 14.6. The number of halogens is 10. The van der Waals surface area contributed by atoms with Crippen LogP contribution in [0, 0.1) is 0 Å². The number of pyridine rings is 1. The van der Waals surface area contributed by atoms with Crippen LogP contribution in [0.15, 0.2) is 36.8 Å². The highest BCUT2D eigenvalue weighted by atomic mass is 35.5. The average Bonchev–Trinajstić information content (AvgIpc) is 3.39. The third-order valence-electron chi connectivity index (χ3n) is 7.37. The van der Waals surface area contributed by atoms with Gasteiger partial charge in [0, 0.05) is 48.3 Å². The first-order valence-electron chi connectivity index (χ1n) is 13.1. The third-order valence-corrected chi connectivity index (χ3v) is 8.25. The molecule has 43 heavy (non-hydrogen) atoms. The summed E-state index contributed by atoms with van der Waals surface area (Å²) in [5.41, 5.74) is -6.96. The van der Waals surface area contributed by atoms with E-state index in [1.807, 2.05) is 0 Å². The van der Waals surface area contributed by atoms with Gasteiger partial charge in [-0.05, 0) is 50.3 Å². The molecule has 2 fully saturated rings. The van der Waals surface area contributed by atoms with E-state index in [2.05, 4.69) is 10.1 Å². The number of aromatic nitrogens is 3. The summed E-state index contributed by atoms with van der Waals surface area (Å²) in [7, 11) is 0. The maximum Gasteiger partial charge on any atom is 0.435 e. The highest BCUT2D eigenvalue weighted by Gasteiger charge is 2.73. The largest absolute Gasteiger partial charge is 0.435 e. The molecule has 0 bridgehead atoms. The van der Waals surface area contributed by atoms with Gasteiger partial charge in [0.25, 0.3) is 5.91 Å². The Balaban J connectivity index is 1.43. The Kier molecular flexibility index (Phi) is 8.67. The van der Waals surface area contributed by atoms with Gasteiger partial charge in [0.15, 0.2) is 0 Å². The molecule has 1 unspecified atom stereocenters. The van der Waals surface area contributed by atoms with Gasteiger partial charge in [0.2, 0.25) is 0 Å².